The number of carbonyl (C=O) groups excluding carboxylic acids is 2. The standard InChI is InChI=1S/C41H34Cl2N2O4/c1-48-36(46)15-17-40(30-21-26(42)11-13-28(30)38-32(40)19-24-7-3-5-9-34(24)44-38)23-41(18-16-37(47)49-2)31-22-27(43)12-14-29(31)39-33(41)20-25-8-4-6-10-35(25)45-39/h3-14,19-22,34,44H,15-18,23H2,1-2H3. The number of hydrogen-bond acceptors (Lipinski definition) is 6. The molecule has 6 nitrogen and oxygen atoms in total. The van der Waals surface area contributed by atoms with Crippen molar-refractivity contribution < 1.29 is 19.1 Å². The van der Waals surface area contributed by atoms with Crippen LogP contribution in [0.2, 0.25) is 10.0 Å². The summed E-state index contributed by atoms with van der Waals surface area (Å²) in [6, 6.07) is 22.3. The second-order valence-corrected chi connectivity index (χ2v) is 14.1. The monoisotopic (exact) mass is 688 g/mol. The fourth-order valence-corrected chi connectivity index (χ4v) is 8.91. The lowest BCUT2D eigenvalue weighted by molar-refractivity contribution is -0.141. The lowest BCUT2D eigenvalue weighted by Crippen LogP contribution is -2.40. The predicted octanol–water partition coefficient (Wildman–Crippen LogP) is 8.79. The molecule has 0 saturated carbocycles. The molecule has 1 aliphatic heterocycles. The van der Waals surface area contributed by atoms with Crippen molar-refractivity contribution in [3.05, 3.63) is 141 Å². The molecule has 3 aromatic carbocycles. The van der Waals surface area contributed by atoms with E-state index >= 15 is 0 Å². The van der Waals surface area contributed by atoms with Crippen LogP contribution >= 0.6 is 23.2 Å². The summed E-state index contributed by atoms with van der Waals surface area (Å²) in [5.74, 6) is -0.592. The smallest absolute Gasteiger partial charge is 0.305 e. The number of dihydropyridines is 1. The van der Waals surface area contributed by atoms with Crippen molar-refractivity contribution in [1.29, 1.82) is 0 Å². The first kappa shape index (κ1) is 31.6. The minimum absolute atomic E-state index is 0.0132. The largest absolute Gasteiger partial charge is 0.469 e. The number of methoxy groups -OCH3 is 2. The zero-order valence-electron chi connectivity index (χ0n) is 27.2. The van der Waals surface area contributed by atoms with Crippen LogP contribution < -0.4 is 5.32 Å². The van der Waals surface area contributed by atoms with E-state index in [9.17, 15) is 9.59 Å². The number of ether oxygens (including phenoxy) is 2. The Kier molecular flexibility index (Phi) is 7.77. The molecule has 2 heterocycles. The lowest BCUT2D eigenvalue weighted by Gasteiger charge is -2.44. The molecule has 0 radical (unpaired) electrons. The maximum absolute atomic E-state index is 13.0. The molecule has 0 fully saturated rings. The van der Waals surface area contributed by atoms with Crippen molar-refractivity contribution in [1.82, 2.24) is 10.3 Å². The van der Waals surface area contributed by atoms with Crippen molar-refractivity contribution in [2.24, 2.45) is 0 Å². The number of halogens is 2. The Morgan fingerprint density at radius 3 is 2.22 bits per heavy atom. The third-order valence-corrected chi connectivity index (χ3v) is 11.3. The van der Waals surface area contributed by atoms with E-state index in [0.717, 1.165) is 61.3 Å². The van der Waals surface area contributed by atoms with Crippen LogP contribution in [0.5, 0.6) is 0 Å². The molecule has 8 rings (SSSR count). The number of carbonyl (C=O) groups is 2. The SMILES string of the molecule is COC(=O)CCC1(CC2(CCC(=O)OC)c3cc(Cl)ccc3-c3nc4ccccc4cc32)C2=C(NC3C=CC=CC3=C2)c2ccc(Cl)cc21. The summed E-state index contributed by atoms with van der Waals surface area (Å²) >= 11 is 13.6. The number of nitrogens with one attached hydrogen (secondary N) is 1. The van der Waals surface area contributed by atoms with Gasteiger partial charge in [0.1, 0.15) is 0 Å². The highest BCUT2D eigenvalue weighted by Crippen LogP contribution is 2.62. The van der Waals surface area contributed by atoms with Gasteiger partial charge in [-0.05, 0) is 83.5 Å². The van der Waals surface area contributed by atoms with Crippen molar-refractivity contribution in [3.8, 4) is 11.3 Å². The highest BCUT2D eigenvalue weighted by atomic mass is 35.5. The van der Waals surface area contributed by atoms with E-state index in [-0.39, 0.29) is 30.8 Å². The lowest BCUT2D eigenvalue weighted by atomic mass is 9.59. The van der Waals surface area contributed by atoms with Gasteiger partial charge < -0.3 is 14.8 Å². The van der Waals surface area contributed by atoms with Gasteiger partial charge in [0.15, 0.2) is 0 Å². The second-order valence-electron chi connectivity index (χ2n) is 13.2. The first-order chi connectivity index (χ1) is 23.8. The average molecular weight is 690 g/mol. The number of para-hydroxylation sites is 1. The third kappa shape index (κ3) is 5.03. The first-order valence-electron chi connectivity index (χ1n) is 16.5. The van der Waals surface area contributed by atoms with E-state index in [1.807, 2.05) is 54.6 Å². The molecular formula is C41H34Cl2N2O4. The Balaban J connectivity index is 1.43. The van der Waals surface area contributed by atoms with Gasteiger partial charge in [0, 0.05) is 55.9 Å². The number of hydrogen-bond donors (Lipinski definition) is 1. The summed E-state index contributed by atoms with van der Waals surface area (Å²) < 4.78 is 10.5. The van der Waals surface area contributed by atoms with Gasteiger partial charge in [-0.2, -0.15) is 0 Å². The van der Waals surface area contributed by atoms with Crippen LogP contribution in [-0.4, -0.2) is 37.2 Å². The van der Waals surface area contributed by atoms with Crippen LogP contribution in [0.4, 0.5) is 0 Å². The number of pyridine rings is 1. The molecule has 0 amide bonds. The number of esters is 2. The van der Waals surface area contributed by atoms with Gasteiger partial charge in [0.05, 0.1) is 31.5 Å². The summed E-state index contributed by atoms with van der Waals surface area (Å²) in [4.78, 5) is 31.3. The quantitative estimate of drug-likeness (QED) is 0.187. The van der Waals surface area contributed by atoms with Crippen LogP contribution in [0, 0.1) is 0 Å². The number of fused-ring (bicyclic) bond motifs is 7. The Labute approximate surface area is 295 Å². The van der Waals surface area contributed by atoms with Gasteiger partial charge in [-0.3, -0.25) is 9.59 Å². The highest BCUT2D eigenvalue weighted by Gasteiger charge is 2.55. The average Bonchev–Trinajstić information content (AvgIpc) is 3.52. The van der Waals surface area contributed by atoms with Gasteiger partial charge in [0.2, 0.25) is 0 Å². The first-order valence-corrected chi connectivity index (χ1v) is 17.2. The normalized spacial score (nSPS) is 22.4. The van der Waals surface area contributed by atoms with E-state index in [1.54, 1.807) is 0 Å². The molecule has 3 unspecified atom stereocenters. The fourth-order valence-electron chi connectivity index (χ4n) is 8.57. The Hall–Kier alpha value is -4.65. The molecular weight excluding hydrogens is 655 g/mol. The molecule has 246 valence electrons. The Morgan fingerprint density at radius 1 is 0.816 bits per heavy atom. The molecule has 49 heavy (non-hydrogen) atoms. The zero-order valence-corrected chi connectivity index (χ0v) is 28.7. The minimum atomic E-state index is -0.753. The van der Waals surface area contributed by atoms with Crippen LogP contribution in [0.1, 0.15) is 54.4 Å². The highest BCUT2D eigenvalue weighted by molar-refractivity contribution is 6.31. The minimum Gasteiger partial charge on any atom is -0.469 e. The number of aromatic nitrogens is 1. The maximum atomic E-state index is 13.0. The summed E-state index contributed by atoms with van der Waals surface area (Å²) in [6.07, 6.45) is 12.4. The zero-order chi connectivity index (χ0) is 33.9. The molecule has 4 aromatic rings. The van der Waals surface area contributed by atoms with Crippen LogP contribution in [-0.2, 0) is 29.9 Å². The topological polar surface area (TPSA) is 77.5 Å². The summed E-state index contributed by atoms with van der Waals surface area (Å²) in [5, 5.41) is 6.03. The van der Waals surface area contributed by atoms with E-state index < -0.39 is 10.8 Å². The molecule has 1 N–H and O–H groups in total. The molecule has 0 saturated heterocycles. The third-order valence-electron chi connectivity index (χ3n) is 10.8. The van der Waals surface area contributed by atoms with Gasteiger partial charge in [-0.25, -0.2) is 4.98 Å². The second kappa shape index (κ2) is 12.0. The number of allylic oxidation sites excluding steroid dienone is 4. The van der Waals surface area contributed by atoms with Crippen molar-refractivity contribution in [2.45, 2.75) is 49.0 Å². The molecule has 1 aromatic heterocycles. The van der Waals surface area contributed by atoms with Gasteiger partial charge in [-0.1, -0.05) is 83.9 Å². The number of rotatable bonds is 8. The fraction of sp³-hybridized carbons (Fsp3) is 0.244. The van der Waals surface area contributed by atoms with E-state index in [0.29, 0.717) is 29.3 Å². The maximum Gasteiger partial charge on any atom is 0.305 e. The number of nitrogens with zero attached hydrogens (tertiary/aromatic N) is 1. The van der Waals surface area contributed by atoms with E-state index in [4.69, 9.17) is 37.7 Å². The van der Waals surface area contributed by atoms with E-state index in [1.165, 1.54) is 14.2 Å². The van der Waals surface area contributed by atoms with Crippen LogP contribution in [0.3, 0.4) is 0 Å². The Morgan fingerprint density at radius 2 is 1.49 bits per heavy atom. The Bertz CT molecular complexity index is 2200. The molecule has 8 heteroatoms. The van der Waals surface area contributed by atoms with Crippen LogP contribution in [0.25, 0.3) is 27.9 Å². The molecule has 0 bridgehead atoms. The summed E-state index contributed by atoms with van der Waals surface area (Å²) in [6.45, 7) is 0. The van der Waals surface area contributed by atoms with Gasteiger partial charge >= 0.3 is 11.9 Å². The van der Waals surface area contributed by atoms with Crippen LogP contribution in [0.15, 0.2) is 108 Å². The summed E-state index contributed by atoms with van der Waals surface area (Å²) in [5.41, 5.74) is 8.62. The predicted molar refractivity (Wildman–Crippen MR) is 193 cm³/mol. The van der Waals surface area contributed by atoms with Crippen molar-refractivity contribution in [2.75, 3.05) is 14.2 Å². The van der Waals surface area contributed by atoms with Crippen molar-refractivity contribution >= 4 is 51.7 Å². The molecule has 4 aliphatic rings. The van der Waals surface area contributed by atoms with Crippen molar-refractivity contribution in [3.63, 3.8) is 0 Å². The molecule has 0 spiro atoms. The van der Waals surface area contributed by atoms with Gasteiger partial charge in [-0.15, -0.1) is 0 Å². The van der Waals surface area contributed by atoms with Gasteiger partial charge in [0.25, 0.3) is 0 Å². The molecule has 3 aliphatic carbocycles. The van der Waals surface area contributed by atoms with E-state index in [2.05, 4.69) is 47.8 Å². The number of benzene rings is 3. The summed E-state index contributed by atoms with van der Waals surface area (Å²) in [7, 11) is 2.84. The molecule has 3 atom stereocenters.